The Labute approximate surface area is 169 Å². The fourth-order valence-corrected chi connectivity index (χ4v) is 3.34. The highest BCUT2D eigenvalue weighted by molar-refractivity contribution is 6.30. The van der Waals surface area contributed by atoms with Gasteiger partial charge in [0.25, 0.3) is 5.91 Å². The van der Waals surface area contributed by atoms with Crippen LogP contribution in [-0.2, 0) is 4.79 Å². The van der Waals surface area contributed by atoms with Crippen LogP contribution in [0.1, 0.15) is 22.5 Å². The number of rotatable bonds is 4. The number of aryl methyl sites for hydroxylation is 2. The molecule has 0 aliphatic rings. The minimum Gasteiger partial charge on any atom is -0.321 e. The van der Waals surface area contributed by atoms with Crippen LogP contribution in [0, 0.1) is 32.1 Å². The number of nitrogens with one attached hydrogen (secondary N) is 1. The smallest absolute Gasteiger partial charge is 0.266 e. The minimum atomic E-state index is -0.427. The van der Waals surface area contributed by atoms with Crippen molar-refractivity contribution in [3.8, 4) is 11.8 Å². The van der Waals surface area contributed by atoms with Gasteiger partial charge in [0.15, 0.2) is 0 Å². The van der Waals surface area contributed by atoms with E-state index in [1.807, 2.05) is 86.0 Å². The van der Waals surface area contributed by atoms with Gasteiger partial charge in [0.05, 0.1) is 0 Å². The van der Waals surface area contributed by atoms with Crippen molar-refractivity contribution in [2.24, 2.45) is 0 Å². The number of carbonyl (C=O) groups excluding carboxylic acids is 1. The van der Waals surface area contributed by atoms with E-state index in [0.29, 0.717) is 10.7 Å². The first-order chi connectivity index (χ1) is 13.4. The van der Waals surface area contributed by atoms with E-state index in [1.54, 1.807) is 6.08 Å². The topological polar surface area (TPSA) is 57.8 Å². The fraction of sp³-hybridized carbons (Fsp3) is 0.130. The van der Waals surface area contributed by atoms with Crippen LogP contribution in [0.25, 0.3) is 11.8 Å². The van der Waals surface area contributed by atoms with E-state index in [4.69, 9.17) is 11.6 Å². The van der Waals surface area contributed by atoms with Gasteiger partial charge in [-0.05, 0) is 68.3 Å². The molecule has 2 aromatic carbocycles. The normalized spacial score (nSPS) is 11.2. The Morgan fingerprint density at radius 2 is 1.86 bits per heavy atom. The van der Waals surface area contributed by atoms with Gasteiger partial charge in [0, 0.05) is 27.8 Å². The van der Waals surface area contributed by atoms with Crippen LogP contribution in [0.3, 0.4) is 0 Å². The zero-order valence-electron chi connectivity index (χ0n) is 16.0. The molecule has 140 valence electrons. The van der Waals surface area contributed by atoms with Gasteiger partial charge in [0.1, 0.15) is 11.6 Å². The minimum absolute atomic E-state index is 0.0506. The van der Waals surface area contributed by atoms with E-state index in [1.165, 1.54) is 0 Å². The average Bonchev–Trinajstić information content (AvgIpc) is 2.94. The lowest BCUT2D eigenvalue weighted by Gasteiger charge is -2.10. The summed E-state index contributed by atoms with van der Waals surface area (Å²) in [6.45, 7) is 5.84. The van der Waals surface area contributed by atoms with Gasteiger partial charge in [-0.3, -0.25) is 4.79 Å². The largest absolute Gasteiger partial charge is 0.321 e. The first-order valence-corrected chi connectivity index (χ1v) is 9.22. The van der Waals surface area contributed by atoms with Crippen molar-refractivity contribution in [3.05, 3.63) is 87.7 Å². The first kappa shape index (κ1) is 19.5. The number of nitriles is 1. The van der Waals surface area contributed by atoms with Crippen LogP contribution in [0.2, 0.25) is 5.02 Å². The van der Waals surface area contributed by atoms with Gasteiger partial charge in [-0.1, -0.05) is 35.9 Å². The van der Waals surface area contributed by atoms with Crippen molar-refractivity contribution < 1.29 is 4.79 Å². The van der Waals surface area contributed by atoms with Gasteiger partial charge in [-0.15, -0.1) is 0 Å². The Kier molecular flexibility index (Phi) is 5.67. The maximum atomic E-state index is 12.6. The number of para-hydroxylation sites is 1. The number of halogens is 1. The molecule has 3 rings (SSSR count). The van der Waals surface area contributed by atoms with Crippen molar-refractivity contribution in [3.63, 3.8) is 0 Å². The third-order valence-electron chi connectivity index (χ3n) is 4.59. The quantitative estimate of drug-likeness (QED) is 0.466. The number of anilines is 1. The van der Waals surface area contributed by atoms with Crippen LogP contribution in [0.5, 0.6) is 0 Å². The first-order valence-electron chi connectivity index (χ1n) is 8.84. The van der Waals surface area contributed by atoms with Crippen LogP contribution >= 0.6 is 11.6 Å². The molecular formula is C23H20ClN3O. The Morgan fingerprint density at radius 3 is 2.54 bits per heavy atom. The molecule has 3 aromatic rings. The number of carbonyl (C=O) groups is 1. The van der Waals surface area contributed by atoms with Crippen molar-refractivity contribution >= 4 is 29.3 Å². The summed E-state index contributed by atoms with van der Waals surface area (Å²) in [5.74, 6) is -0.427. The molecule has 0 radical (unpaired) electrons. The number of hydrogen-bond donors (Lipinski definition) is 1. The van der Waals surface area contributed by atoms with Crippen molar-refractivity contribution in [1.29, 1.82) is 5.26 Å². The van der Waals surface area contributed by atoms with Crippen molar-refractivity contribution in [2.75, 3.05) is 5.32 Å². The van der Waals surface area contributed by atoms with Gasteiger partial charge >= 0.3 is 0 Å². The molecule has 0 saturated heterocycles. The molecule has 0 bridgehead atoms. The lowest BCUT2D eigenvalue weighted by Crippen LogP contribution is -2.14. The molecule has 4 nitrogen and oxygen atoms in total. The third kappa shape index (κ3) is 4.00. The zero-order valence-corrected chi connectivity index (χ0v) is 16.7. The summed E-state index contributed by atoms with van der Waals surface area (Å²) in [6.07, 6.45) is 1.62. The number of aromatic nitrogens is 1. The Balaban J connectivity index is 1.95. The summed E-state index contributed by atoms with van der Waals surface area (Å²) in [5, 5.41) is 13.0. The van der Waals surface area contributed by atoms with E-state index in [2.05, 4.69) is 5.32 Å². The van der Waals surface area contributed by atoms with Crippen LogP contribution < -0.4 is 5.32 Å². The summed E-state index contributed by atoms with van der Waals surface area (Å²) in [7, 11) is 0. The molecule has 1 amide bonds. The molecule has 0 unspecified atom stereocenters. The summed E-state index contributed by atoms with van der Waals surface area (Å²) in [5.41, 5.74) is 5.35. The number of benzene rings is 2. The molecule has 0 spiro atoms. The Hall–Kier alpha value is -3.29. The summed E-state index contributed by atoms with van der Waals surface area (Å²) in [4.78, 5) is 12.6. The predicted molar refractivity (Wildman–Crippen MR) is 114 cm³/mol. The van der Waals surface area contributed by atoms with E-state index in [0.717, 1.165) is 28.2 Å². The van der Waals surface area contributed by atoms with Gasteiger partial charge in [0.2, 0.25) is 0 Å². The molecule has 1 heterocycles. The Bertz CT molecular complexity index is 1120. The van der Waals surface area contributed by atoms with Crippen molar-refractivity contribution in [2.45, 2.75) is 20.8 Å². The number of amides is 1. The van der Waals surface area contributed by atoms with Crippen LogP contribution in [0.15, 0.2) is 60.2 Å². The van der Waals surface area contributed by atoms with Gasteiger partial charge < -0.3 is 9.88 Å². The highest BCUT2D eigenvalue weighted by atomic mass is 35.5. The molecule has 5 heteroatoms. The SMILES string of the molecule is Cc1ccccc1NC(=O)/C(C#N)=C\c1cc(C)n(-c2cccc(Cl)c2)c1C. The van der Waals surface area contributed by atoms with Gasteiger partial charge in [-0.25, -0.2) is 0 Å². The third-order valence-corrected chi connectivity index (χ3v) is 4.83. The molecule has 0 aliphatic heterocycles. The fourth-order valence-electron chi connectivity index (χ4n) is 3.15. The lowest BCUT2D eigenvalue weighted by atomic mass is 10.1. The molecule has 0 aliphatic carbocycles. The molecule has 0 atom stereocenters. The maximum absolute atomic E-state index is 12.6. The second-order valence-corrected chi connectivity index (χ2v) is 7.02. The Morgan fingerprint density at radius 1 is 1.11 bits per heavy atom. The van der Waals surface area contributed by atoms with Crippen LogP contribution in [-0.4, -0.2) is 10.5 Å². The molecule has 0 fully saturated rings. The lowest BCUT2D eigenvalue weighted by molar-refractivity contribution is -0.112. The van der Waals surface area contributed by atoms with Gasteiger partial charge in [-0.2, -0.15) is 5.26 Å². The average molecular weight is 390 g/mol. The summed E-state index contributed by atoms with van der Waals surface area (Å²) < 4.78 is 2.05. The highest BCUT2D eigenvalue weighted by Gasteiger charge is 2.14. The summed E-state index contributed by atoms with van der Waals surface area (Å²) in [6, 6.07) is 19.0. The van der Waals surface area contributed by atoms with E-state index >= 15 is 0 Å². The van der Waals surface area contributed by atoms with E-state index in [9.17, 15) is 10.1 Å². The molecule has 28 heavy (non-hydrogen) atoms. The van der Waals surface area contributed by atoms with Crippen LogP contribution in [0.4, 0.5) is 5.69 Å². The van der Waals surface area contributed by atoms with E-state index in [-0.39, 0.29) is 5.57 Å². The monoisotopic (exact) mass is 389 g/mol. The second-order valence-electron chi connectivity index (χ2n) is 6.58. The zero-order chi connectivity index (χ0) is 20.3. The second kappa shape index (κ2) is 8.16. The molecular weight excluding hydrogens is 370 g/mol. The predicted octanol–water partition coefficient (Wildman–Crippen LogP) is 5.60. The molecule has 0 saturated carbocycles. The van der Waals surface area contributed by atoms with Crippen molar-refractivity contribution in [1.82, 2.24) is 4.57 Å². The number of nitrogens with zero attached hydrogens (tertiary/aromatic N) is 2. The number of hydrogen-bond acceptors (Lipinski definition) is 2. The molecule has 1 N–H and O–H groups in total. The van der Waals surface area contributed by atoms with E-state index < -0.39 is 5.91 Å². The maximum Gasteiger partial charge on any atom is 0.266 e. The highest BCUT2D eigenvalue weighted by Crippen LogP contribution is 2.25. The molecule has 1 aromatic heterocycles. The summed E-state index contributed by atoms with van der Waals surface area (Å²) >= 11 is 6.12. The standard InChI is InChI=1S/C23H20ClN3O/c1-15-7-4-5-10-22(15)26-23(28)19(14-25)12-18-11-16(2)27(17(18)3)21-9-6-8-20(24)13-21/h4-13H,1-3H3,(H,26,28)/b19-12-.